The maximum absolute atomic E-state index is 6.07. The molecule has 3 fully saturated rings. The van der Waals surface area contributed by atoms with Gasteiger partial charge in [0.05, 0.1) is 12.3 Å². The molecule has 0 saturated carbocycles. The third-order valence-corrected chi connectivity index (χ3v) is 6.77. The van der Waals surface area contributed by atoms with Gasteiger partial charge in [0, 0.05) is 58.1 Å². The number of hydrogen-bond acceptors (Lipinski definition) is 5. The second kappa shape index (κ2) is 10.7. The summed E-state index contributed by atoms with van der Waals surface area (Å²) in [6.45, 7) is 11.5. The van der Waals surface area contributed by atoms with Gasteiger partial charge < -0.3 is 9.64 Å². The van der Waals surface area contributed by atoms with Crippen LogP contribution in [-0.4, -0.2) is 84.8 Å². The zero-order valence-corrected chi connectivity index (χ0v) is 17.5. The van der Waals surface area contributed by atoms with E-state index in [0.29, 0.717) is 0 Å². The molecule has 1 aromatic heterocycles. The lowest BCUT2D eigenvalue weighted by molar-refractivity contribution is -0.00341. The predicted octanol–water partition coefficient (Wildman–Crippen LogP) is 2.87. The number of pyridine rings is 1. The highest BCUT2D eigenvalue weighted by molar-refractivity contribution is 5.04. The van der Waals surface area contributed by atoms with E-state index in [4.69, 9.17) is 4.74 Å². The fraction of sp³-hybridized carbons (Fsp3) is 0.783. The molecule has 2 atom stereocenters. The van der Waals surface area contributed by atoms with Crippen molar-refractivity contribution in [1.82, 2.24) is 19.7 Å². The monoisotopic (exact) mass is 386 g/mol. The van der Waals surface area contributed by atoms with Gasteiger partial charge in [0.2, 0.25) is 0 Å². The molecule has 4 rings (SSSR count). The molecule has 0 spiro atoms. The van der Waals surface area contributed by atoms with Crippen LogP contribution in [0.2, 0.25) is 0 Å². The van der Waals surface area contributed by atoms with E-state index in [1.54, 1.807) is 0 Å². The Morgan fingerprint density at radius 3 is 2.75 bits per heavy atom. The van der Waals surface area contributed by atoms with Gasteiger partial charge in [0.15, 0.2) is 0 Å². The van der Waals surface area contributed by atoms with E-state index >= 15 is 0 Å². The Kier molecular flexibility index (Phi) is 7.73. The number of likely N-dealkylation sites (tertiary alicyclic amines) is 1. The van der Waals surface area contributed by atoms with Crippen LogP contribution in [0, 0.1) is 5.92 Å². The average Bonchev–Trinajstić information content (AvgIpc) is 2.75. The standard InChI is InChI=1S/C23H38N4O/c1-4-11-25(12-5-1)13-6-16-28-20-21-8-9-23-19-26(14-15-27(23)17-21)18-22-7-2-3-10-24-22/h2-3,7,10,21,23H,1,4-6,8-9,11-20H2/t21-,23-/m0/s1. The van der Waals surface area contributed by atoms with Crippen LogP contribution in [0.4, 0.5) is 0 Å². The number of piperazine rings is 1. The highest BCUT2D eigenvalue weighted by Gasteiger charge is 2.32. The lowest BCUT2D eigenvalue weighted by atomic mass is 9.91. The smallest absolute Gasteiger partial charge is 0.0543 e. The Hall–Kier alpha value is -1.01. The van der Waals surface area contributed by atoms with Crippen LogP contribution in [0.15, 0.2) is 24.4 Å². The Morgan fingerprint density at radius 2 is 1.89 bits per heavy atom. The minimum absolute atomic E-state index is 0.729. The largest absolute Gasteiger partial charge is 0.381 e. The van der Waals surface area contributed by atoms with Crippen molar-refractivity contribution in [2.75, 3.05) is 59.0 Å². The van der Waals surface area contributed by atoms with Gasteiger partial charge in [-0.1, -0.05) is 12.5 Å². The lowest BCUT2D eigenvalue weighted by Crippen LogP contribution is -2.56. The molecule has 5 nitrogen and oxygen atoms in total. The molecule has 1 aromatic rings. The van der Waals surface area contributed by atoms with Gasteiger partial charge >= 0.3 is 0 Å². The van der Waals surface area contributed by atoms with Crippen molar-refractivity contribution in [1.29, 1.82) is 0 Å². The van der Waals surface area contributed by atoms with Crippen LogP contribution < -0.4 is 0 Å². The molecule has 3 aliphatic heterocycles. The van der Waals surface area contributed by atoms with E-state index in [0.717, 1.165) is 38.3 Å². The summed E-state index contributed by atoms with van der Waals surface area (Å²) in [5.41, 5.74) is 1.20. The zero-order valence-electron chi connectivity index (χ0n) is 17.5. The Morgan fingerprint density at radius 1 is 0.964 bits per heavy atom. The molecule has 0 aromatic carbocycles. The van der Waals surface area contributed by atoms with Gasteiger partial charge in [0.1, 0.15) is 0 Å². The van der Waals surface area contributed by atoms with Gasteiger partial charge in [-0.05, 0) is 63.2 Å². The second-order valence-electron chi connectivity index (χ2n) is 8.98. The van der Waals surface area contributed by atoms with Gasteiger partial charge in [0.25, 0.3) is 0 Å². The van der Waals surface area contributed by atoms with Crippen LogP contribution in [0.1, 0.15) is 44.2 Å². The quantitative estimate of drug-likeness (QED) is 0.642. The summed E-state index contributed by atoms with van der Waals surface area (Å²) in [5, 5.41) is 0. The zero-order chi connectivity index (χ0) is 19.0. The van der Waals surface area contributed by atoms with Crippen molar-refractivity contribution in [2.45, 2.75) is 51.1 Å². The first-order valence-electron chi connectivity index (χ1n) is 11.5. The van der Waals surface area contributed by atoms with Crippen LogP contribution in [0.25, 0.3) is 0 Å². The van der Waals surface area contributed by atoms with Crippen LogP contribution in [0.5, 0.6) is 0 Å². The molecule has 0 aliphatic carbocycles. The molecule has 0 radical (unpaired) electrons. The summed E-state index contributed by atoms with van der Waals surface area (Å²) >= 11 is 0. The topological polar surface area (TPSA) is 31.8 Å². The first kappa shape index (κ1) is 20.3. The molecule has 0 N–H and O–H groups in total. The fourth-order valence-corrected chi connectivity index (χ4v) is 5.15. The number of rotatable bonds is 8. The molecular weight excluding hydrogens is 348 g/mol. The van der Waals surface area contributed by atoms with Crippen LogP contribution in [-0.2, 0) is 11.3 Å². The molecular formula is C23H38N4O. The van der Waals surface area contributed by atoms with Crippen molar-refractivity contribution in [3.05, 3.63) is 30.1 Å². The minimum atomic E-state index is 0.729. The van der Waals surface area contributed by atoms with Crippen molar-refractivity contribution in [3.63, 3.8) is 0 Å². The van der Waals surface area contributed by atoms with E-state index in [-0.39, 0.29) is 0 Å². The second-order valence-corrected chi connectivity index (χ2v) is 8.98. The summed E-state index contributed by atoms with van der Waals surface area (Å²) < 4.78 is 6.07. The average molecular weight is 387 g/mol. The van der Waals surface area contributed by atoms with E-state index in [9.17, 15) is 0 Å². The third-order valence-electron chi connectivity index (χ3n) is 6.77. The normalized spacial score (nSPS) is 27.6. The minimum Gasteiger partial charge on any atom is -0.381 e. The maximum atomic E-state index is 6.07. The molecule has 5 heteroatoms. The molecule has 3 aliphatic rings. The first-order chi connectivity index (χ1) is 13.9. The molecule has 0 bridgehead atoms. The first-order valence-corrected chi connectivity index (χ1v) is 11.5. The number of ether oxygens (including phenoxy) is 1. The molecule has 28 heavy (non-hydrogen) atoms. The summed E-state index contributed by atoms with van der Waals surface area (Å²) in [6, 6.07) is 6.97. The number of nitrogens with zero attached hydrogens (tertiary/aromatic N) is 4. The highest BCUT2D eigenvalue weighted by atomic mass is 16.5. The molecule has 3 saturated heterocycles. The Labute approximate surface area is 171 Å². The van der Waals surface area contributed by atoms with Crippen molar-refractivity contribution in [2.24, 2.45) is 5.92 Å². The van der Waals surface area contributed by atoms with Crippen LogP contribution >= 0.6 is 0 Å². The molecule has 156 valence electrons. The van der Waals surface area contributed by atoms with Crippen LogP contribution in [0.3, 0.4) is 0 Å². The highest BCUT2D eigenvalue weighted by Crippen LogP contribution is 2.26. The maximum Gasteiger partial charge on any atom is 0.0543 e. The predicted molar refractivity (Wildman–Crippen MR) is 113 cm³/mol. The number of aromatic nitrogens is 1. The van der Waals surface area contributed by atoms with E-state index in [2.05, 4.69) is 31.8 Å². The van der Waals surface area contributed by atoms with Gasteiger partial charge in [-0.25, -0.2) is 0 Å². The van der Waals surface area contributed by atoms with E-state index in [1.807, 2.05) is 12.3 Å². The Balaban J connectivity index is 1.10. The third kappa shape index (κ3) is 5.99. The lowest BCUT2D eigenvalue weighted by Gasteiger charge is -2.46. The number of piperidine rings is 2. The Bertz CT molecular complexity index is 563. The van der Waals surface area contributed by atoms with Gasteiger partial charge in [-0.2, -0.15) is 0 Å². The molecule has 4 heterocycles. The molecule has 0 unspecified atom stereocenters. The number of fused-ring (bicyclic) bond motifs is 1. The van der Waals surface area contributed by atoms with Crippen molar-refractivity contribution < 1.29 is 4.74 Å². The van der Waals surface area contributed by atoms with Crippen molar-refractivity contribution in [3.8, 4) is 0 Å². The summed E-state index contributed by atoms with van der Waals surface area (Å²) in [6.07, 6.45) is 9.95. The fourth-order valence-electron chi connectivity index (χ4n) is 5.15. The van der Waals surface area contributed by atoms with E-state index in [1.165, 1.54) is 83.5 Å². The van der Waals surface area contributed by atoms with Gasteiger partial charge in [-0.3, -0.25) is 14.8 Å². The van der Waals surface area contributed by atoms with Gasteiger partial charge in [-0.15, -0.1) is 0 Å². The van der Waals surface area contributed by atoms with Crippen molar-refractivity contribution >= 4 is 0 Å². The summed E-state index contributed by atoms with van der Waals surface area (Å²) in [4.78, 5) is 12.4. The number of hydrogen-bond donors (Lipinski definition) is 0. The SMILES string of the molecule is c1ccc(CN2CCN3C[C@@H](COCCCN4CCCCC4)CC[C@H]3C2)nc1. The van der Waals surface area contributed by atoms with E-state index < -0.39 is 0 Å². The summed E-state index contributed by atoms with van der Waals surface area (Å²) in [7, 11) is 0. The molecule has 0 amide bonds. The summed E-state index contributed by atoms with van der Waals surface area (Å²) in [5.74, 6) is 0.730.